The topological polar surface area (TPSA) is 87.1 Å². The van der Waals surface area contributed by atoms with Crippen LogP contribution in [-0.2, 0) is 11.2 Å². The first-order valence-corrected chi connectivity index (χ1v) is 7.00. The van der Waals surface area contributed by atoms with Gasteiger partial charge in [0.05, 0.1) is 0 Å². The quantitative estimate of drug-likeness (QED) is 0.869. The number of piperidine rings is 1. The molecule has 6 heteroatoms. The molecule has 2 rings (SSSR count). The highest BCUT2D eigenvalue weighted by Crippen LogP contribution is 2.20. The van der Waals surface area contributed by atoms with E-state index in [-0.39, 0.29) is 12.5 Å². The molecule has 0 atom stereocenters. The van der Waals surface area contributed by atoms with Crippen molar-refractivity contribution in [2.75, 3.05) is 13.1 Å². The van der Waals surface area contributed by atoms with Gasteiger partial charge < -0.3 is 19.8 Å². The summed E-state index contributed by atoms with van der Waals surface area (Å²) in [6.45, 7) is 0.993. The molecule has 1 saturated heterocycles. The second-order valence-electron chi connectivity index (χ2n) is 5.12. The minimum atomic E-state index is -0.878. The van der Waals surface area contributed by atoms with Gasteiger partial charge >= 0.3 is 12.1 Å². The number of amides is 1. The third-order valence-corrected chi connectivity index (χ3v) is 3.57. The van der Waals surface area contributed by atoms with Crippen LogP contribution in [-0.4, -0.2) is 46.4 Å². The molecule has 0 saturated carbocycles. The van der Waals surface area contributed by atoms with Crippen LogP contribution in [0.3, 0.4) is 0 Å². The van der Waals surface area contributed by atoms with Crippen molar-refractivity contribution in [1.29, 1.82) is 0 Å². The van der Waals surface area contributed by atoms with Crippen LogP contribution >= 0.6 is 0 Å². The minimum absolute atomic E-state index is 0.0328. The first-order chi connectivity index (χ1) is 10.0. The first-order valence-electron chi connectivity index (χ1n) is 7.00. The molecule has 1 aromatic carbocycles. The van der Waals surface area contributed by atoms with Gasteiger partial charge in [0.25, 0.3) is 0 Å². The zero-order chi connectivity index (χ0) is 15.2. The Bertz CT molecular complexity index is 491. The van der Waals surface area contributed by atoms with Crippen molar-refractivity contribution in [3.63, 3.8) is 0 Å². The Morgan fingerprint density at radius 3 is 2.29 bits per heavy atom. The van der Waals surface area contributed by atoms with Crippen molar-refractivity contribution >= 4 is 12.1 Å². The van der Waals surface area contributed by atoms with E-state index in [1.807, 2.05) is 24.3 Å². The summed E-state index contributed by atoms with van der Waals surface area (Å²) in [5.41, 5.74) is 0.963. The summed E-state index contributed by atoms with van der Waals surface area (Å²) in [5, 5.41) is 17.5. The Morgan fingerprint density at radius 2 is 1.76 bits per heavy atom. The summed E-state index contributed by atoms with van der Waals surface area (Å²) in [5.74, 6) is -0.0663. The fourth-order valence-electron chi connectivity index (χ4n) is 2.34. The van der Waals surface area contributed by atoms with E-state index >= 15 is 0 Å². The summed E-state index contributed by atoms with van der Waals surface area (Å²) < 4.78 is 5.83. The van der Waals surface area contributed by atoms with Gasteiger partial charge in [-0.2, -0.15) is 0 Å². The van der Waals surface area contributed by atoms with Crippen LogP contribution < -0.4 is 4.74 Å². The highest BCUT2D eigenvalue weighted by atomic mass is 16.5. The van der Waals surface area contributed by atoms with E-state index < -0.39 is 12.1 Å². The molecule has 1 aliphatic heterocycles. The van der Waals surface area contributed by atoms with Crippen molar-refractivity contribution in [3.05, 3.63) is 29.8 Å². The number of likely N-dealkylation sites (tertiary alicyclic amines) is 1. The number of aryl methyl sites for hydroxylation is 1. The molecule has 21 heavy (non-hydrogen) atoms. The van der Waals surface area contributed by atoms with E-state index in [0.717, 1.165) is 11.3 Å². The largest absolute Gasteiger partial charge is 0.490 e. The van der Waals surface area contributed by atoms with E-state index in [1.54, 1.807) is 0 Å². The molecule has 0 radical (unpaired) electrons. The van der Waals surface area contributed by atoms with Crippen LogP contribution in [0.1, 0.15) is 24.8 Å². The molecule has 1 amide bonds. The summed E-state index contributed by atoms with van der Waals surface area (Å²) in [7, 11) is 0. The van der Waals surface area contributed by atoms with Crippen molar-refractivity contribution in [3.8, 4) is 5.75 Å². The lowest BCUT2D eigenvalue weighted by Gasteiger charge is -2.30. The second-order valence-corrected chi connectivity index (χ2v) is 5.12. The number of hydrogen-bond acceptors (Lipinski definition) is 3. The number of hydrogen-bond donors (Lipinski definition) is 2. The van der Waals surface area contributed by atoms with Gasteiger partial charge in [0.2, 0.25) is 0 Å². The van der Waals surface area contributed by atoms with Gasteiger partial charge in [-0.15, -0.1) is 0 Å². The van der Waals surface area contributed by atoms with E-state index in [2.05, 4.69) is 0 Å². The lowest BCUT2D eigenvalue weighted by Crippen LogP contribution is -2.41. The predicted octanol–water partition coefficient (Wildman–Crippen LogP) is 2.23. The molecule has 0 spiro atoms. The van der Waals surface area contributed by atoms with Crippen molar-refractivity contribution in [2.45, 2.75) is 31.8 Å². The molecule has 1 fully saturated rings. The predicted molar refractivity (Wildman–Crippen MR) is 75.6 cm³/mol. The smallest absolute Gasteiger partial charge is 0.407 e. The van der Waals surface area contributed by atoms with Gasteiger partial charge in [-0.05, 0) is 24.1 Å². The highest BCUT2D eigenvalue weighted by molar-refractivity contribution is 5.67. The molecule has 114 valence electrons. The zero-order valence-corrected chi connectivity index (χ0v) is 11.7. The summed E-state index contributed by atoms with van der Waals surface area (Å²) >= 11 is 0. The normalized spacial score (nSPS) is 15.7. The molecule has 1 heterocycles. The maximum Gasteiger partial charge on any atom is 0.407 e. The molecule has 6 nitrogen and oxygen atoms in total. The van der Waals surface area contributed by atoms with Gasteiger partial charge in [-0.3, -0.25) is 4.79 Å². The molecular weight excluding hydrogens is 274 g/mol. The SMILES string of the molecule is O=C(O)CCc1ccc(OC2CCN(C(=O)O)CC2)cc1. The van der Waals surface area contributed by atoms with Crippen LogP contribution in [0.4, 0.5) is 4.79 Å². The number of carboxylic acid groups (broad SMARTS) is 2. The Labute approximate surface area is 122 Å². The molecule has 0 bridgehead atoms. The van der Waals surface area contributed by atoms with Crippen LogP contribution in [0.25, 0.3) is 0 Å². The maximum absolute atomic E-state index is 10.8. The maximum atomic E-state index is 10.8. The molecule has 0 aliphatic carbocycles. The first kappa shape index (κ1) is 15.2. The van der Waals surface area contributed by atoms with Gasteiger partial charge in [0.1, 0.15) is 11.9 Å². The van der Waals surface area contributed by atoms with E-state index in [1.165, 1.54) is 4.90 Å². The molecule has 1 aromatic rings. The summed E-state index contributed by atoms with van der Waals surface area (Å²) in [6.07, 6.45) is 1.15. The fourth-order valence-corrected chi connectivity index (χ4v) is 2.34. The molecule has 0 unspecified atom stereocenters. The summed E-state index contributed by atoms with van der Waals surface area (Å²) in [6, 6.07) is 7.40. The molecular formula is C15H19NO5. The Kier molecular flexibility index (Phi) is 5.03. The van der Waals surface area contributed by atoms with Crippen LogP contribution in [0.2, 0.25) is 0 Å². The number of benzene rings is 1. The van der Waals surface area contributed by atoms with Crippen molar-refractivity contribution in [1.82, 2.24) is 4.90 Å². The molecule has 0 aromatic heterocycles. The van der Waals surface area contributed by atoms with Crippen LogP contribution in [0, 0.1) is 0 Å². The van der Waals surface area contributed by atoms with Gasteiger partial charge in [0.15, 0.2) is 0 Å². The Morgan fingerprint density at radius 1 is 1.14 bits per heavy atom. The monoisotopic (exact) mass is 293 g/mol. The van der Waals surface area contributed by atoms with E-state index in [4.69, 9.17) is 14.9 Å². The van der Waals surface area contributed by atoms with Gasteiger partial charge in [0, 0.05) is 32.4 Å². The van der Waals surface area contributed by atoms with Crippen LogP contribution in [0.5, 0.6) is 5.75 Å². The van der Waals surface area contributed by atoms with Crippen molar-refractivity contribution in [2.24, 2.45) is 0 Å². The van der Waals surface area contributed by atoms with Crippen molar-refractivity contribution < 1.29 is 24.5 Å². The molecule has 2 N–H and O–H groups in total. The number of aliphatic carboxylic acids is 1. The number of ether oxygens (including phenoxy) is 1. The lowest BCUT2D eigenvalue weighted by molar-refractivity contribution is -0.136. The van der Waals surface area contributed by atoms with E-state index in [0.29, 0.717) is 32.4 Å². The number of rotatable bonds is 5. The third-order valence-electron chi connectivity index (χ3n) is 3.57. The fraction of sp³-hybridized carbons (Fsp3) is 0.467. The molecule has 1 aliphatic rings. The van der Waals surface area contributed by atoms with Gasteiger partial charge in [-0.1, -0.05) is 12.1 Å². The third kappa shape index (κ3) is 4.66. The number of carboxylic acids is 1. The average molecular weight is 293 g/mol. The van der Waals surface area contributed by atoms with E-state index in [9.17, 15) is 9.59 Å². The lowest BCUT2D eigenvalue weighted by atomic mass is 10.1. The number of nitrogens with zero attached hydrogens (tertiary/aromatic N) is 1. The van der Waals surface area contributed by atoms with Gasteiger partial charge in [-0.25, -0.2) is 4.79 Å². The highest BCUT2D eigenvalue weighted by Gasteiger charge is 2.23. The Hall–Kier alpha value is -2.24. The Balaban J connectivity index is 1.81. The standard InChI is InChI=1S/C15H19NO5/c17-14(18)6-3-11-1-4-12(5-2-11)21-13-7-9-16(10-8-13)15(19)20/h1-2,4-5,13H,3,6-10H2,(H,17,18)(H,19,20). The average Bonchev–Trinajstić information content (AvgIpc) is 2.47. The zero-order valence-electron chi connectivity index (χ0n) is 11.7. The minimum Gasteiger partial charge on any atom is -0.490 e. The number of carbonyl (C=O) groups is 2. The van der Waals surface area contributed by atoms with Crippen LogP contribution in [0.15, 0.2) is 24.3 Å². The summed E-state index contributed by atoms with van der Waals surface area (Å²) in [4.78, 5) is 22.7. The second kappa shape index (κ2) is 6.97.